The Kier molecular flexibility index (Phi) is 3.39. The summed E-state index contributed by atoms with van der Waals surface area (Å²) >= 11 is 0. The van der Waals surface area contributed by atoms with Crippen LogP contribution in [-0.2, 0) is 15.6 Å². The van der Waals surface area contributed by atoms with Crippen LogP contribution < -0.4 is 10.9 Å². The molecular weight excluding hydrogens is 348 g/mol. The minimum absolute atomic E-state index is 0.0339. The minimum atomic E-state index is -0.699. The second-order valence-electron chi connectivity index (χ2n) is 8.72. The monoisotopic (exact) mass is 372 g/mol. The number of nitrogens with one attached hydrogen (secondary N) is 2. The number of benzene rings is 2. The lowest BCUT2D eigenvalue weighted by Gasteiger charge is -2.39. The number of fused-ring (bicyclic) bond motifs is 6. The fourth-order valence-electron chi connectivity index (χ4n) is 5.31. The normalized spacial score (nSPS) is 26.8. The fraction of sp³-hybridized carbons (Fsp3) is 0.348. The molecule has 0 spiro atoms. The van der Waals surface area contributed by atoms with Crippen molar-refractivity contribution in [1.82, 2.24) is 15.4 Å². The zero-order chi connectivity index (χ0) is 19.6. The number of anilines is 1. The van der Waals surface area contributed by atoms with E-state index in [1.54, 1.807) is 0 Å². The molecule has 5 nitrogen and oxygen atoms in total. The first-order valence-electron chi connectivity index (χ1n) is 9.79. The van der Waals surface area contributed by atoms with Gasteiger partial charge in [-0.05, 0) is 42.5 Å². The molecule has 2 aliphatic carbocycles. The van der Waals surface area contributed by atoms with Gasteiger partial charge in [-0.3, -0.25) is 15.6 Å². The summed E-state index contributed by atoms with van der Waals surface area (Å²) in [6.07, 6.45) is 1.71. The van der Waals surface area contributed by atoms with Crippen molar-refractivity contribution in [1.29, 1.82) is 0 Å². The molecule has 2 N–H and O–H groups in total. The van der Waals surface area contributed by atoms with Crippen molar-refractivity contribution in [2.75, 3.05) is 5.43 Å². The molecule has 142 valence electrons. The molecule has 5 heteroatoms. The Hall–Kier alpha value is -2.95. The van der Waals surface area contributed by atoms with Crippen LogP contribution in [0.3, 0.4) is 0 Å². The fourth-order valence-corrected chi connectivity index (χ4v) is 5.31. The number of rotatable bonds is 3. The zero-order valence-corrected chi connectivity index (χ0v) is 16.4. The van der Waals surface area contributed by atoms with Gasteiger partial charge in [0.05, 0.1) is 28.1 Å². The van der Waals surface area contributed by atoms with Crippen molar-refractivity contribution in [2.45, 2.75) is 44.4 Å². The van der Waals surface area contributed by atoms with Crippen LogP contribution in [0.5, 0.6) is 0 Å². The van der Waals surface area contributed by atoms with Crippen LogP contribution >= 0.6 is 0 Å². The summed E-state index contributed by atoms with van der Waals surface area (Å²) in [5.41, 5.74) is 9.29. The summed E-state index contributed by atoms with van der Waals surface area (Å²) in [6.45, 7) is 6.62. The van der Waals surface area contributed by atoms with Gasteiger partial charge in [-0.1, -0.05) is 51.1 Å². The predicted molar refractivity (Wildman–Crippen MR) is 110 cm³/mol. The first-order valence-corrected chi connectivity index (χ1v) is 9.79. The zero-order valence-electron chi connectivity index (χ0n) is 16.4. The van der Waals surface area contributed by atoms with Crippen LogP contribution in [0.15, 0.2) is 54.6 Å². The van der Waals surface area contributed by atoms with E-state index in [4.69, 9.17) is 9.97 Å². The van der Waals surface area contributed by atoms with Crippen LogP contribution in [0.1, 0.15) is 45.0 Å². The molecule has 1 aromatic heterocycles. The highest BCUT2D eigenvalue weighted by Gasteiger charge is 2.73. The lowest BCUT2D eigenvalue weighted by atomic mass is 9.63. The summed E-state index contributed by atoms with van der Waals surface area (Å²) in [4.78, 5) is 23.6. The van der Waals surface area contributed by atoms with E-state index in [0.717, 1.165) is 41.0 Å². The molecule has 2 bridgehead atoms. The number of aromatic nitrogens is 2. The summed E-state index contributed by atoms with van der Waals surface area (Å²) in [5, 5.41) is 0. The maximum Gasteiger partial charge on any atom is 0.251 e. The maximum absolute atomic E-state index is 13.6. The van der Waals surface area contributed by atoms with Gasteiger partial charge >= 0.3 is 0 Å². The minimum Gasteiger partial charge on any atom is -0.299 e. The van der Waals surface area contributed by atoms with Crippen molar-refractivity contribution in [3.05, 3.63) is 66.0 Å². The Bertz CT molecular complexity index is 1090. The summed E-state index contributed by atoms with van der Waals surface area (Å²) < 4.78 is 0. The first-order chi connectivity index (χ1) is 13.4. The van der Waals surface area contributed by atoms with E-state index in [9.17, 15) is 4.79 Å². The average Bonchev–Trinajstić information content (AvgIpc) is 3.01. The third-order valence-electron chi connectivity index (χ3n) is 7.43. The number of nitrogens with zero attached hydrogens (tertiary/aromatic N) is 2. The highest BCUT2D eigenvalue weighted by atomic mass is 16.2. The van der Waals surface area contributed by atoms with E-state index >= 15 is 0 Å². The van der Waals surface area contributed by atoms with E-state index in [1.807, 2.05) is 54.6 Å². The van der Waals surface area contributed by atoms with Crippen molar-refractivity contribution >= 4 is 22.6 Å². The number of amides is 1. The predicted octanol–water partition coefficient (Wildman–Crippen LogP) is 4.10. The highest BCUT2D eigenvalue weighted by Crippen LogP contribution is 2.70. The molecule has 2 aliphatic rings. The molecule has 1 amide bonds. The third-order valence-corrected chi connectivity index (χ3v) is 7.43. The maximum atomic E-state index is 13.6. The summed E-state index contributed by atoms with van der Waals surface area (Å²) in [6, 6.07) is 17.6. The second kappa shape index (κ2) is 5.53. The van der Waals surface area contributed by atoms with Gasteiger partial charge in [-0.25, -0.2) is 9.97 Å². The lowest BCUT2D eigenvalue weighted by Crippen LogP contribution is -2.52. The number of hydrogen-bond acceptors (Lipinski definition) is 4. The van der Waals surface area contributed by atoms with Gasteiger partial charge in [0.1, 0.15) is 5.41 Å². The van der Waals surface area contributed by atoms with Crippen molar-refractivity contribution < 1.29 is 4.79 Å². The van der Waals surface area contributed by atoms with Gasteiger partial charge in [0.2, 0.25) is 0 Å². The SMILES string of the molecule is CC12CCC(C(=O)NNc3ccccc3)(c3nc4ccccc4nc31)C2(C)C. The van der Waals surface area contributed by atoms with Crippen molar-refractivity contribution in [3.8, 4) is 0 Å². The quantitative estimate of drug-likeness (QED) is 0.679. The number of hydrazine groups is 1. The summed E-state index contributed by atoms with van der Waals surface area (Å²) in [7, 11) is 0. The van der Waals surface area contributed by atoms with Gasteiger partial charge in [0, 0.05) is 5.41 Å². The average molecular weight is 372 g/mol. The molecule has 2 unspecified atom stereocenters. The molecule has 1 fully saturated rings. The van der Waals surface area contributed by atoms with Crippen LogP contribution in [0.2, 0.25) is 0 Å². The molecule has 3 aromatic rings. The first kappa shape index (κ1) is 17.2. The molecule has 0 saturated heterocycles. The molecule has 5 rings (SSSR count). The number of carbonyl (C=O) groups is 1. The standard InChI is InChI=1S/C23H24N4O/c1-21(2)22(3)13-14-23(21,20(28)27-26-15-9-5-4-6-10-15)19-18(22)24-16-11-7-8-12-17(16)25-19/h4-12,26H,13-14H2,1-3H3,(H,27,28). The van der Waals surface area contributed by atoms with Gasteiger partial charge in [0.15, 0.2) is 0 Å². The number of para-hydroxylation sites is 3. The van der Waals surface area contributed by atoms with Crippen molar-refractivity contribution in [2.24, 2.45) is 5.41 Å². The van der Waals surface area contributed by atoms with E-state index in [2.05, 4.69) is 31.6 Å². The van der Waals surface area contributed by atoms with E-state index in [-0.39, 0.29) is 16.7 Å². The topological polar surface area (TPSA) is 66.9 Å². The van der Waals surface area contributed by atoms with Crippen LogP contribution in [0, 0.1) is 5.41 Å². The Morgan fingerprint density at radius 1 is 0.857 bits per heavy atom. The van der Waals surface area contributed by atoms with Crippen LogP contribution in [-0.4, -0.2) is 15.9 Å². The molecule has 2 atom stereocenters. The Balaban J connectivity index is 1.62. The van der Waals surface area contributed by atoms with Crippen molar-refractivity contribution in [3.63, 3.8) is 0 Å². The van der Waals surface area contributed by atoms with Crippen LogP contribution in [0.25, 0.3) is 11.0 Å². The summed E-state index contributed by atoms with van der Waals surface area (Å²) in [5.74, 6) is -0.0339. The van der Waals surface area contributed by atoms with E-state index in [1.165, 1.54) is 0 Å². The van der Waals surface area contributed by atoms with Gasteiger partial charge in [0.25, 0.3) is 5.91 Å². The number of carbonyl (C=O) groups excluding carboxylic acids is 1. The molecule has 1 saturated carbocycles. The smallest absolute Gasteiger partial charge is 0.251 e. The Morgan fingerprint density at radius 2 is 1.46 bits per heavy atom. The molecule has 2 aromatic carbocycles. The van der Waals surface area contributed by atoms with Gasteiger partial charge in [-0.2, -0.15) is 0 Å². The molecule has 1 heterocycles. The molecular formula is C23H24N4O. The Labute approximate surface area is 164 Å². The molecule has 28 heavy (non-hydrogen) atoms. The number of hydrogen-bond donors (Lipinski definition) is 2. The largest absolute Gasteiger partial charge is 0.299 e. The second-order valence-corrected chi connectivity index (χ2v) is 8.72. The van der Waals surface area contributed by atoms with Gasteiger partial charge in [-0.15, -0.1) is 0 Å². The molecule has 0 aliphatic heterocycles. The van der Waals surface area contributed by atoms with E-state index < -0.39 is 5.41 Å². The highest BCUT2D eigenvalue weighted by molar-refractivity contribution is 5.93. The third kappa shape index (κ3) is 1.94. The van der Waals surface area contributed by atoms with Crippen LogP contribution in [0.4, 0.5) is 5.69 Å². The lowest BCUT2D eigenvalue weighted by molar-refractivity contribution is -0.129. The Morgan fingerprint density at radius 3 is 2.14 bits per heavy atom. The van der Waals surface area contributed by atoms with E-state index in [0.29, 0.717) is 0 Å². The molecule has 0 radical (unpaired) electrons. The van der Waals surface area contributed by atoms with Gasteiger partial charge < -0.3 is 0 Å².